The van der Waals surface area contributed by atoms with Crippen LogP contribution in [-0.2, 0) is 14.6 Å². The largest absolute Gasteiger partial charge is 0.360 e. The molecule has 1 aliphatic carbocycles. The fourth-order valence-electron chi connectivity index (χ4n) is 3.57. The van der Waals surface area contributed by atoms with Gasteiger partial charge in [-0.15, -0.1) is 10.2 Å². The SMILES string of the molecule is CCNc1nnc(SCC(=O)N(C2CCCC2)[C@@H]2CCS(=O)(=O)C2)s1. The average Bonchev–Trinajstić information content (AvgIpc) is 3.28. The Hall–Kier alpha value is -0.870. The van der Waals surface area contributed by atoms with Crippen molar-refractivity contribution in [1.82, 2.24) is 15.1 Å². The van der Waals surface area contributed by atoms with Crippen LogP contribution in [0.1, 0.15) is 39.0 Å². The zero-order valence-corrected chi connectivity index (χ0v) is 16.8. The molecule has 1 aliphatic heterocycles. The Labute approximate surface area is 156 Å². The second-order valence-electron chi connectivity index (χ2n) is 6.49. The molecule has 1 aromatic rings. The number of hydrogen-bond donors (Lipinski definition) is 1. The van der Waals surface area contributed by atoms with Gasteiger partial charge in [0.05, 0.1) is 17.3 Å². The van der Waals surface area contributed by atoms with E-state index in [1.807, 2.05) is 11.8 Å². The van der Waals surface area contributed by atoms with E-state index in [4.69, 9.17) is 0 Å². The maximum Gasteiger partial charge on any atom is 0.233 e. The van der Waals surface area contributed by atoms with Crippen LogP contribution in [0.4, 0.5) is 5.13 Å². The van der Waals surface area contributed by atoms with E-state index in [1.165, 1.54) is 23.1 Å². The van der Waals surface area contributed by atoms with Gasteiger partial charge in [-0.2, -0.15) is 0 Å². The smallest absolute Gasteiger partial charge is 0.233 e. The minimum atomic E-state index is -3.00. The van der Waals surface area contributed by atoms with Crippen LogP contribution < -0.4 is 5.32 Å². The normalized spacial score (nSPS) is 23.0. The molecule has 0 spiro atoms. The quantitative estimate of drug-likeness (QED) is 0.695. The van der Waals surface area contributed by atoms with Gasteiger partial charge in [0.25, 0.3) is 0 Å². The van der Waals surface area contributed by atoms with Crippen molar-refractivity contribution in [2.45, 2.75) is 55.5 Å². The van der Waals surface area contributed by atoms with Crippen LogP contribution in [0.2, 0.25) is 0 Å². The summed E-state index contributed by atoms with van der Waals surface area (Å²) >= 11 is 2.82. The Morgan fingerprint density at radius 3 is 2.68 bits per heavy atom. The van der Waals surface area contributed by atoms with E-state index in [9.17, 15) is 13.2 Å². The van der Waals surface area contributed by atoms with Gasteiger partial charge in [-0.25, -0.2) is 8.42 Å². The number of aromatic nitrogens is 2. The molecule has 0 unspecified atom stereocenters. The topological polar surface area (TPSA) is 92.3 Å². The lowest BCUT2D eigenvalue weighted by atomic mass is 10.1. The summed E-state index contributed by atoms with van der Waals surface area (Å²) in [5.74, 6) is 0.625. The molecule has 140 valence electrons. The number of rotatable bonds is 7. The lowest BCUT2D eigenvalue weighted by molar-refractivity contribution is -0.132. The molecule has 0 bridgehead atoms. The van der Waals surface area contributed by atoms with Crippen LogP contribution >= 0.6 is 23.1 Å². The van der Waals surface area contributed by atoms with Crippen molar-refractivity contribution in [3.8, 4) is 0 Å². The van der Waals surface area contributed by atoms with Gasteiger partial charge in [0.15, 0.2) is 14.2 Å². The van der Waals surface area contributed by atoms with Gasteiger partial charge in [-0.3, -0.25) is 4.79 Å². The van der Waals surface area contributed by atoms with E-state index < -0.39 is 9.84 Å². The highest BCUT2D eigenvalue weighted by Gasteiger charge is 2.38. The highest BCUT2D eigenvalue weighted by Crippen LogP contribution is 2.31. The monoisotopic (exact) mass is 404 g/mol. The van der Waals surface area contributed by atoms with Gasteiger partial charge in [0.2, 0.25) is 11.0 Å². The van der Waals surface area contributed by atoms with Crippen molar-refractivity contribution in [1.29, 1.82) is 0 Å². The molecule has 0 radical (unpaired) electrons. The third-order valence-corrected chi connectivity index (χ3v) is 8.41. The summed E-state index contributed by atoms with van der Waals surface area (Å²) in [6.07, 6.45) is 4.76. The number of carbonyl (C=O) groups excluding carboxylic acids is 1. The first kappa shape index (κ1) is 18.9. The van der Waals surface area contributed by atoms with Crippen molar-refractivity contribution in [2.24, 2.45) is 0 Å². The molecule has 7 nitrogen and oxygen atoms in total. The lowest BCUT2D eigenvalue weighted by Crippen LogP contribution is -2.47. The van der Waals surface area contributed by atoms with Gasteiger partial charge in [0, 0.05) is 18.6 Å². The standard InChI is InChI=1S/C15H24N4O3S3/c1-2-16-14-17-18-15(24-14)23-9-13(20)19(11-5-3-4-6-11)12-7-8-25(21,22)10-12/h11-12H,2-10H2,1H3,(H,16,17)/t12-/m1/s1. The summed E-state index contributed by atoms with van der Waals surface area (Å²) in [6, 6.07) is 0.0334. The minimum absolute atomic E-state index is 0.0270. The van der Waals surface area contributed by atoms with E-state index in [0.717, 1.165) is 41.7 Å². The summed E-state index contributed by atoms with van der Waals surface area (Å²) in [4.78, 5) is 14.8. The number of amides is 1. The number of nitrogens with zero attached hydrogens (tertiary/aromatic N) is 3. The van der Waals surface area contributed by atoms with Gasteiger partial charge in [-0.1, -0.05) is 35.9 Å². The minimum Gasteiger partial charge on any atom is -0.360 e. The molecular weight excluding hydrogens is 380 g/mol. The molecule has 2 fully saturated rings. The maximum atomic E-state index is 12.9. The molecule has 1 saturated heterocycles. The molecule has 1 amide bonds. The molecule has 1 aromatic heterocycles. The highest BCUT2D eigenvalue weighted by molar-refractivity contribution is 8.01. The molecule has 2 aliphatic rings. The Morgan fingerprint density at radius 2 is 2.04 bits per heavy atom. The van der Waals surface area contributed by atoms with Crippen LogP contribution in [0.3, 0.4) is 0 Å². The second-order valence-corrected chi connectivity index (χ2v) is 10.9. The molecular formula is C15H24N4O3S3. The summed E-state index contributed by atoms with van der Waals surface area (Å²) in [7, 11) is -3.00. The molecule has 25 heavy (non-hydrogen) atoms. The van der Waals surface area contributed by atoms with Crippen LogP contribution in [0.25, 0.3) is 0 Å². The van der Waals surface area contributed by atoms with E-state index in [0.29, 0.717) is 6.42 Å². The van der Waals surface area contributed by atoms with Crippen molar-refractivity contribution >= 4 is 44.0 Å². The highest BCUT2D eigenvalue weighted by atomic mass is 32.2. The zero-order chi connectivity index (χ0) is 17.9. The number of thioether (sulfide) groups is 1. The molecule has 1 N–H and O–H groups in total. The predicted molar refractivity (Wildman–Crippen MR) is 101 cm³/mol. The Bertz CT molecular complexity index is 701. The molecule has 1 saturated carbocycles. The first-order chi connectivity index (χ1) is 12.0. The van der Waals surface area contributed by atoms with E-state index >= 15 is 0 Å². The van der Waals surface area contributed by atoms with Crippen molar-refractivity contribution in [3.63, 3.8) is 0 Å². The Kier molecular flexibility index (Phi) is 6.21. The number of hydrogen-bond acceptors (Lipinski definition) is 8. The number of carbonyl (C=O) groups is 1. The molecule has 2 heterocycles. The third kappa shape index (κ3) is 4.85. The van der Waals surface area contributed by atoms with E-state index in [2.05, 4.69) is 15.5 Å². The van der Waals surface area contributed by atoms with E-state index in [1.54, 1.807) is 0 Å². The van der Waals surface area contributed by atoms with Crippen molar-refractivity contribution in [2.75, 3.05) is 29.1 Å². The number of sulfone groups is 1. The third-order valence-electron chi connectivity index (χ3n) is 4.66. The van der Waals surface area contributed by atoms with Crippen LogP contribution in [0.15, 0.2) is 4.34 Å². The van der Waals surface area contributed by atoms with Gasteiger partial charge >= 0.3 is 0 Å². The Morgan fingerprint density at radius 1 is 1.28 bits per heavy atom. The fraction of sp³-hybridized carbons (Fsp3) is 0.800. The summed E-state index contributed by atoms with van der Waals surface area (Å²) in [6.45, 7) is 2.77. The Balaban J connectivity index is 1.64. The summed E-state index contributed by atoms with van der Waals surface area (Å²) in [5, 5.41) is 12.0. The fourth-order valence-corrected chi connectivity index (χ4v) is 6.97. The number of nitrogens with one attached hydrogen (secondary N) is 1. The predicted octanol–water partition coefficient (Wildman–Crippen LogP) is 2.02. The van der Waals surface area contributed by atoms with Crippen molar-refractivity contribution < 1.29 is 13.2 Å². The zero-order valence-electron chi connectivity index (χ0n) is 14.3. The summed E-state index contributed by atoms with van der Waals surface area (Å²) in [5.41, 5.74) is 0. The molecule has 1 atom stereocenters. The molecule has 0 aromatic carbocycles. The molecule has 3 rings (SSSR count). The van der Waals surface area contributed by atoms with Gasteiger partial charge in [0.1, 0.15) is 0 Å². The second kappa shape index (κ2) is 8.22. The average molecular weight is 405 g/mol. The maximum absolute atomic E-state index is 12.9. The first-order valence-corrected chi connectivity index (χ1v) is 12.3. The molecule has 10 heteroatoms. The van der Waals surface area contributed by atoms with Gasteiger partial charge < -0.3 is 10.2 Å². The lowest BCUT2D eigenvalue weighted by Gasteiger charge is -2.34. The van der Waals surface area contributed by atoms with E-state index in [-0.39, 0.29) is 35.2 Å². The van der Waals surface area contributed by atoms with Crippen molar-refractivity contribution in [3.05, 3.63) is 0 Å². The van der Waals surface area contributed by atoms with Gasteiger partial charge in [-0.05, 0) is 26.2 Å². The summed E-state index contributed by atoms with van der Waals surface area (Å²) < 4.78 is 24.5. The first-order valence-electron chi connectivity index (χ1n) is 8.70. The van der Waals surface area contributed by atoms with Crippen LogP contribution in [0, 0.1) is 0 Å². The van der Waals surface area contributed by atoms with Crippen LogP contribution in [0.5, 0.6) is 0 Å². The number of anilines is 1. The van der Waals surface area contributed by atoms with Crippen LogP contribution in [-0.4, -0.2) is 65.3 Å².